The van der Waals surface area contributed by atoms with Gasteiger partial charge in [-0.3, -0.25) is 9.59 Å². The van der Waals surface area contributed by atoms with Crippen molar-refractivity contribution in [3.05, 3.63) is 21.6 Å². The molecule has 0 saturated heterocycles. The zero-order valence-corrected chi connectivity index (χ0v) is 18.5. The van der Waals surface area contributed by atoms with Gasteiger partial charge in [-0.1, -0.05) is 31.4 Å². The number of halogens is 1. The molecule has 1 heterocycles. The predicted molar refractivity (Wildman–Crippen MR) is 116 cm³/mol. The minimum Gasteiger partial charge on any atom is -0.481 e. The van der Waals surface area contributed by atoms with Crippen LogP contribution in [0, 0.1) is 23.2 Å². The first-order chi connectivity index (χ1) is 14.3. The van der Waals surface area contributed by atoms with Gasteiger partial charge in [0.1, 0.15) is 5.02 Å². The zero-order chi connectivity index (χ0) is 21.1. The molecule has 1 aromatic heterocycles. The van der Waals surface area contributed by atoms with E-state index in [9.17, 15) is 14.7 Å². The van der Waals surface area contributed by atoms with E-state index in [1.165, 1.54) is 19.3 Å². The Kier molecular flexibility index (Phi) is 4.92. The van der Waals surface area contributed by atoms with E-state index < -0.39 is 5.97 Å². The number of hydrogen-bond acceptors (Lipinski definition) is 4. The van der Waals surface area contributed by atoms with E-state index >= 15 is 0 Å². The van der Waals surface area contributed by atoms with E-state index in [1.807, 2.05) is 0 Å². The molecule has 30 heavy (non-hydrogen) atoms. The number of nitrogens with one attached hydrogen (secondary N) is 1. The Morgan fingerprint density at radius 1 is 1.27 bits per heavy atom. The maximum absolute atomic E-state index is 13.4. The lowest BCUT2D eigenvalue weighted by Gasteiger charge is -2.61. The summed E-state index contributed by atoms with van der Waals surface area (Å²) in [7, 11) is 0. The highest BCUT2D eigenvalue weighted by atomic mass is 35.5. The van der Waals surface area contributed by atoms with Crippen LogP contribution in [0.25, 0.3) is 0 Å². The van der Waals surface area contributed by atoms with E-state index in [-0.39, 0.29) is 28.0 Å². The molecule has 0 radical (unpaired) electrons. The molecule has 0 amide bonds. The Morgan fingerprint density at radius 3 is 2.63 bits per heavy atom. The van der Waals surface area contributed by atoms with Gasteiger partial charge in [0.15, 0.2) is 0 Å². The summed E-state index contributed by atoms with van der Waals surface area (Å²) >= 11 is 6.59. The third kappa shape index (κ3) is 3.35. The number of hydrogen-bond donors (Lipinski definition) is 2. The number of rotatable bonds is 5. The van der Waals surface area contributed by atoms with Gasteiger partial charge in [0.05, 0.1) is 23.8 Å². The van der Waals surface area contributed by atoms with E-state index in [0.29, 0.717) is 29.5 Å². The van der Waals surface area contributed by atoms with E-state index in [2.05, 4.69) is 17.3 Å². The Labute approximate surface area is 182 Å². The second kappa shape index (κ2) is 7.25. The van der Waals surface area contributed by atoms with E-state index in [0.717, 1.165) is 44.9 Å². The Bertz CT molecular complexity index is 899. The Hall–Kier alpha value is -1.56. The van der Waals surface area contributed by atoms with Crippen molar-refractivity contribution >= 4 is 23.3 Å². The summed E-state index contributed by atoms with van der Waals surface area (Å²) in [5.41, 5.74) is -0.159. The summed E-state index contributed by atoms with van der Waals surface area (Å²) in [5, 5.41) is 17.9. The van der Waals surface area contributed by atoms with E-state index in [1.54, 1.807) is 10.9 Å². The molecule has 164 valence electrons. The number of aliphatic carboxylic acids is 1. The molecule has 6 nitrogen and oxygen atoms in total. The molecule has 4 bridgehead atoms. The van der Waals surface area contributed by atoms with Crippen LogP contribution in [-0.2, 0) is 10.3 Å². The maximum Gasteiger partial charge on any atom is 0.303 e. The lowest BCUT2D eigenvalue weighted by Crippen LogP contribution is -2.59. The summed E-state index contributed by atoms with van der Waals surface area (Å²) in [6.07, 6.45) is 12.3. The molecule has 6 rings (SSSR count). The molecular weight excluding hydrogens is 402 g/mol. The standard InChI is InChI=1S/C23H32ClN3O3/c1-14-4-2-3-5-17(14)26-18-12-25-27(21(30)20(18)24)23-9-15-6-16(10-23)8-22(7-15,13-23)11-19(28)29/h12,14-17,26H,2-11,13H2,1H3,(H,28,29)/t14-,15+,16+,17+,22?,23?/m0/s1. The SMILES string of the molecule is C[C@H]1CCCC[C@H]1Nc1cnn(C23C[C@@H]4C[C@H](CC(CC(=O)O)(C4)C2)C3)c(=O)c1Cl. The lowest BCUT2D eigenvalue weighted by atomic mass is 9.46. The smallest absolute Gasteiger partial charge is 0.303 e. The van der Waals surface area contributed by atoms with Crippen LogP contribution in [-0.4, -0.2) is 26.9 Å². The second-order valence-electron chi connectivity index (χ2n) is 10.9. The Balaban J connectivity index is 1.46. The molecule has 4 atom stereocenters. The highest BCUT2D eigenvalue weighted by Gasteiger charge is 2.59. The molecule has 0 aromatic carbocycles. The summed E-state index contributed by atoms with van der Waals surface area (Å²) in [6, 6.07) is 0.326. The number of anilines is 1. The van der Waals surface area contributed by atoms with Gasteiger partial charge in [-0.05, 0) is 74.5 Å². The predicted octanol–water partition coefficient (Wildman–Crippen LogP) is 4.66. The van der Waals surface area contributed by atoms with Gasteiger partial charge in [0.2, 0.25) is 0 Å². The number of carboxylic acid groups (broad SMARTS) is 1. The number of aromatic nitrogens is 2. The topological polar surface area (TPSA) is 84.2 Å². The highest BCUT2D eigenvalue weighted by molar-refractivity contribution is 6.32. The third-order valence-electron chi connectivity index (χ3n) is 8.50. The summed E-state index contributed by atoms with van der Waals surface area (Å²) in [6.45, 7) is 2.25. The number of carbonyl (C=O) groups is 1. The molecule has 5 fully saturated rings. The molecule has 5 saturated carbocycles. The van der Waals surface area contributed by atoms with Gasteiger partial charge in [-0.25, -0.2) is 4.68 Å². The molecule has 0 spiro atoms. The molecule has 5 aliphatic carbocycles. The maximum atomic E-state index is 13.4. The average Bonchev–Trinajstić information content (AvgIpc) is 2.65. The first-order valence-electron chi connectivity index (χ1n) is 11.6. The minimum absolute atomic E-state index is 0.196. The largest absolute Gasteiger partial charge is 0.481 e. The first kappa shape index (κ1) is 20.3. The van der Waals surface area contributed by atoms with Crippen LogP contribution in [0.15, 0.2) is 11.0 Å². The van der Waals surface area contributed by atoms with Gasteiger partial charge < -0.3 is 10.4 Å². The molecule has 0 unspecified atom stereocenters. The summed E-state index contributed by atoms with van der Waals surface area (Å²) in [4.78, 5) is 25.0. The lowest BCUT2D eigenvalue weighted by molar-refractivity contribution is -0.151. The van der Waals surface area contributed by atoms with Crippen molar-refractivity contribution in [3.8, 4) is 0 Å². The van der Waals surface area contributed by atoms with Gasteiger partial charge in [-0.2, -0.15) is 5.10 Å². The quantitative estimate of drug-likeness (QED) is 0.705. The molecule has 1 aromatic rings. The van der Waals surface area contributed by atoms with Crippen LogP contribution in [0.3, 0.4) is 0 Å². The zero-order valence-electron chi connectivity index (χ0n) is 17.7. The fraction of sp³-hybridized carbons (Fsp3) is 0.783. The van der Waals surface area contributed by atoms with E-state index in [4.69, 9.17) is 11.6 Å². The van der Waals surface area contributed by atoms with Crippen LogP contribution in [0.5, 0.6) is 0 Å². The van der Waals surface area contributed by atoms with Gasteiger partial charge in [0.25, 0.3) is 5.56 Å². The van der Waals surface area contributed by atoms with Gasteiger partial charge >= 0.3 is 5.97 Å². The van der Waals surface area contributed by atoms with Gasteiger partial charge in [0, 0.05) is 6.04 Å². The van der Waals surface area contributed by atoms with Crippen LogP contribution in [0.4, 0.5) is 5.69 Å². The third-order valence-corrected chi connectivity index (χ3v) is 8.86. The van der Waals surface area contributed by atoms with Crippen LogP contribution < -0.4 is 10.9 Å². The fourth-order valence-corrected chi connectivity index (χ4v) is 7.96. The van der Waals surface area contributed by atoms with Crippen molar-refractivity contribution in [2.75, 3.05) is 5.32 Å². The summed E-state index contributed by atoms with van der Waals surface area (Å²) < 4.78 is 1.64. The van der Waals surface area contributed by atoms with Crippen molar-refractivity contribution in [1.82, 2.24) is 9.78 Å². The average molecular weight is 434 g/mol. The minimum atomic E-state index is -0.730. The van der Waals surface area contributed by atoms with Crippen molar-refractivity contribution < 1.29 is 9.90 Å². The number of nitrogens with zero attached hydrogens (tertiary/aromatic N) is 2. The van der Waals surface area contributed by atoms with Crippen molar-refractivity contribution in [1.29, 1.82) is 0 Å². The van der Waals surface area contributed by atoms with Crippen LogP contribution in [0.1, 0.15) is 77.6 Å². The first-order valence-corrected chi connectivity index (χ1v) is 11.9. The van der Waals surface area contributed by atoms with Crippen molar-refractivity contribution in [2.24, 2.45) is 23.2 Å². The van der Waals surface area contributed by atoms with Crippen LogP contribution in [0.2, 0.25) is 5.02 Å². The molecule has 5 aliphatic rings. The Morgan fingerprint density at radius 2 is 1.97 bits per heavy atom. The van der Waals surface area contributed by atoms with Crippen molar-refractivity contribution in [2.45, 2.75) is 89.1 Å². The highest BCUT2D eigenvalue weighted by Crippen LogP contribution is 2.65. The number of carboxylic acids is 1. The monoisotopic (exact) mass is 433 g/mol. The fourth-order valence-electron chi connectivity index (χ4n) is 7.78. The van der Waals surface area contributed by atoms with Gasteiger partial charge in [-0.15, -0.1) is 0 Å². The molecule has 7 heteroatoms. The normalized spacial score (nSPS) is 39.8. The second-order valence-corrected chi connectivity index (χ2v) is 11.2. The molecular formula is C23H32ClN3O3. The summed E-state index contributed by atoms with van der Waals surface area (Å²) in [5.74, 6) is 0.792. The van der Waals surface area contributed by atoms with Crippen LogP contribution >= 0.6 is 11.6 Å². The molecule has 2 N–H and O–H groups in total. The molecule has 0 aliphatic heterocycles. The van der Waals surface area contributed by atoms with Crippen molar-refractivity contribution in [3.63, 3.8) is 0 Å².